The maximum atomic E-state index is 12.8. The monoisotopic (exact) mass is 445 g/mol. The lowest BCUT2D eigenvalue weighted by atomic mass is 10.0. The van der Waals surface area contributed by atoms with E-state index in [4.69, 9.17) is 4.74 Å². The first-order chi connectivity index (χ1) is 15.3. The summed E-state index contributed by atoms with van der Waals surface area (Å²) in [4.78, 5) is 23.7. The van der Waals surface area contributed by atoms with Crippen LogP contribution in [0.5, 0.6) is 5.75 Å². The van der Waals surface area contributed by atoms with E-state index in [1.807, 2.05) is 30.3 Å². The molecule has 160 valence electrons. The number of benzene rings is 3. The van der Waals surface area contributed by atoms with Crippen molar-refractivity contribution in [2.45, 2.75) is 4.90 Å². The molecule has 0 atom stereocenters. The Hall–Kier alpha value is -3.91. The number of ether oxygens (including phenoxy) is 1. The van der Waals surface area contributed by atoms with Crippen molar-refractivity contribution in [3.8, 4) is 28.3 Å². The normalized spacial score (nSPS) is 11.8. The van der Waals surface area contributed by atoms with Gasteiger partial charge in [0.2, 0.25) is 0 Å². The second-order valence-electron chi connectivity index (χ2n) is 7.55. The second kappa shape index (κ2) is 7.35. The molecule has 2 aromatic heterocycles. The van der Waals surface area contributed by atoms with E-state index in [1.165, 1.54) is 6.26 Å². The van der Waals surface area contributed by atoms with Crippen LogP contribution >= 0.6 is 0 Å². The van der Waals surface area contributed by atoms with Crippen molar-refractivity contribution >= 4 is 31.8 Å². The Morgan fingerprint density at radius 1 is 0.875 bits per heavy atom. The van der Waals surface area contributed by atoms with Crippen molar-refractivity contribution in [3.05, 3.63) is 77.1 Å². The summed E-state index contributed by atoms with van der Waals surface area (Å²) in [5.41, 5.74) is 4.01. The molecule has 0 bridgehead atoms. The van der Waals surface area contributed by atoms with Gasteiger partial charge in [0, 0.05) is 17.9 Å². The SMILES string of the molecule is COc1cc2[nH]c(=O)c(-c3nc4ccccc4[nH]3)cc2cc1-c1ccc(S(C)(=O)=O)cc1. The summed E-state index contributed by atoms with van der Waals surface area (Å²) in [7, 11) is -1.73. The largest absolute Gasteiger partial charge is 0.496 e. The number of sulfone groups is 1. The maximum absolute atomic E-state index is 12.8. The topological polar surface area (TPSA) is 105 Å². The molecule has 2 heterocycles. The predicted octanol–water partition coefficient (Wildman–Crippen LogP) is 4.15. The third-order valence-electron chi connectivity index (χ3n) is 5.40. The zero-order valence-electron chi connectivity index (χ0n) is 17.3. The number of H-pyrrole nitrogens is 2. The van der Waals surface area contributed by atoms with Gasteiger partial charge >= 0.3 is 0 Å². The lowest BCUT2D eigenvalue weighted by Gasteiger charge is -2.12. The number of fused-ring (bicyclic) bond motifs is 2. The van der Waals surface area contributed by atoms with E-state index in [0.29, 0.717) is 22.7 Å². The molecule has 0 fully saturated rings. The Kier molecular flexibility index (Phi) is 4.60. The first-order valence-electron chi connectivity index (χ1n) is 9.84. The van der Waals surface area contributed by atoms with Crippen molar-refractivity contribution in [2.24, 2.45) is 0 Å². The Balaban J connectivity index is 1.68. The highest BCUT2D eigenvalue weighted by atomic mass is 32.2. The molecule has 7 nitrogen and oxygen atoms in total. The number of aromatic amines is 2. The lowest BCUT2D eigenvalue weighted by Crippen LogP contribution is -2.09. The van der Waals surface area contributed by atoms with Gasteiger partial charge in [-0.05, 0) is 47.3 Å². The molecule has 0 aliphatic heterocycles. The number of nitrogens with zero attached hydrogens (tertiary/aromatic N) is 1. The van der Waals surface area contributed by atoms with Crippen LogP contribution in [0.1, 0.15) is 0 Å². The van der Waals surface area contributed by atoms with Gasteiger partial charge in [0.1, 0.15) is 11.6 Å². The fraction of sp³-hybridized carbons (Fsp3) is 0.0833. The van der Waals surface area contributed by atoms with E-state index < -0.39 is 9.84 Å². The van der Waals surface area contributed by atoms with Crippen LogP contribution in [0.3, 0.4) is 0 Å². The average Bonchev–Trinajstić information content (AvgIpc) is 3.21. The average molecular weight is 446 g/mol. The number of nitrogens with one attached hydrogen (secondary N) is 2. The van der Waals surface area contributed by atoms with Gasteiger partial charge < -0.3 is 14.7 Å². The van der Waals surface area contributed by atoms with Crippen LogP contribution in [0, 0.1) is 0 Å². The molecule has 0 spiro atoms. The predicted molar refractivity (Wildman–Crippen MR) is 125 cm³/mol. The maximum Gasteiger partial charge on any atom is 0.259 e. The molecule has 0 saturated carbocycles. The fourth-order valence-electron chi connectivity index (χ4n) is 3.77. The summed E-state index contributed by atoms with van der Waals surface area (Å²) in [6.45, 7) is 0. The molecule has 0 aliphatic carbocycles. The number of pyridine rings is 1. The Morgan fingerprint density at radius 2 is 1.59 bits per heavy atom. The molecule has 0 amide bonds. The number of para-hydroxylation sites is 2. The third-order valence-corrected chi connectivity index (χ3v) is 6.53. The summed E-state index contributed by atoms with van der Waals surface area (Å²) < 4.78 is 29.1. The molecule has 2 N–H and O–H groups in total. The number of aromatic nitrogens is 3. The first kappa shape index (κ1) is 20.0. The van der Waals surface area contributed by atoms with Gasteiger partial charge in [0.25, 0.3) is 5.56 Å². The molecule has 3 aromatic carbocycles. The van der Waals surface area contributed by atoms with Gasteiger partial charge in [-0.1, -0.05) is 24.3 Å². The molecule has 0 aliphatic rings. The minimum absolute atomic E-state index is 0.248. The molecule has 0 radical (unpaired) electrons. The van der Waals surface area contributed by atoms with Crippen LogP contribution in [0.15, 0.2) is 76.4 Å². The fourth-order valence-corrected chi connectivity index (χ4v) is 4.40. The number of hydrogen-bond donors (Lipinski definition) is 2. The quantitative estimate of drug-likeness (QED) is 0.432. The smallest absolute Gasteiger partial charge is 0.259 e. The highest BCUT2D eigenvalue weighted by Crippen LogP contribution is 2.34. The molecule has 8 heteroatoms. The summed E-state index contributed by atoms with van der Waals surface area (Å²) in [6.07, 6.45) is 1.18. The standard InChI is InChI=1S/C24H19N3O4S/c1-31-22-13-21-15(11-17(22)14-7-9-16(10-8-14)32(2,29)30)12-18(24(28)27-21)23-25-19-5-3-4-6-20(19)26-23/h3-13H,1-2H3,(H,25,26)(H,27,28). The highest BCUT2D eigenvalue weighted by molar-refractivity contribution is 7.90. The van der Waals surface area contributed by atoms with E-state index in [2.05, 4.69) is 15.0 Å². The van der Waals surface area contributed by atoms with E-state index in [1.54, 1.807) is 43.5 Å². The number of methoxy groups -OCH3 is 1. The second-order valence-corrected chi connectivity index (χ2v) is 9.57. The Labute approximate surface area is 183 Å². The summed E-state index contributed by atoms with van der Waals surface area (Å²) in [5.74, 6) is 1.06. The van der Waals surface area contributed by atoms with Crippen molar-refractivity contribution in [2.75, 3.05) is 13.4 Å². The van der Waals surface area contributed by atoms with Gasteiger partial charge in [-0.3, -0.25) is 4.79 Å². The zero-order chi connectivity index (χ0) is 22.5. The van der Waals surface area contributed by atoms with Crippen LogP contribution in [-0.2, 0) is 9.84 Å². The Morgan fingerprint density at radius 3 is 2.28 bits per heavy atom. The summed E-state index contributed by atoms with van der Waals surface area (Å²) in [5, 5.41) is 0.794. The van der Waals surface area contributed by atoms with Gasteiger partial charge in [-0.2, -0.15) is 0 Å². The van der Waals surface area contributed by atoms with E-state index >= 15 is 0 Å². The van der Waals surface area contributed by atoms with Gasteiger partial charge in [-0.15, -0.1) is 0 Å². The van der Waals surface area contributed by atoms with Crippen molar-refractivity contribution in [1.29, 1.82) is 0 Å². The van der Waals surface area contributed by atoms with Gasteiger partial charge in [-0.25, -0.2) is 13.4 Å². The van der Waals surface area contributed by atoms with E-state index in [9.17, 15) is 13.2 Å². The molecule has 32 heavy (non-hydrogen) atoms. The third kappa shape index (κ3) is 3.44. The molecule has 5 aromatic rings. The van der Waals surface area contributed by atoms with Gasteiger partial charge in [0.15, 0.2) is 9.84 Å². The number of rotatable bonds is 4. The highest BCUT2D eigenvalue weighted by Gasteiger charge is 2.15. The number of hydrogen-bond acceptors (Lipinski definition) is 5. The molecule has 0 unspecified atom stereocenters. The summed E-state index contributed by atoms with van der Waals surface area (Å²) in [6, 6.07) is 19.7. The first-order valence-corrected chi connectivity index (χ1v) is 11.7. The van der Waals surface area contributed by atoms with Crippen molar-refractivity contribution in [1.82, 2.24) is 15.0 Å². The molecular formula is C24H19N3O4S. The number of imidazole rings is 1. The van der Waals surface area contributed by atoms with Crippen LogP contribution in [0.4, 0.5) is 0 Å². The van der Waals surface area contributed by atoms with Crippen LogP contribution in [-0.4, -0.2) is 36.7 Å². The molecule has 0 saturated heterocycles. The Bertz CT molecular complexity index is 1620. The molecule has 5 rings (SSSR count). The van der Waals surface area contributed by atoms with Crippen molar-refractivity contribution < 1.29 is 13.2 Å². The minimum atomic E-state index is -3.29. The van der Waals surface area contributed by atoms with Crippen molar-refractivity contribution in [3.63, 3.8) is 0 Å². The zero-order valence-corrected chi connectivity index (χ0v) is 18.2. The minimum Gasteiger partial charge on any atom is -0.496 e. The van der Waals surface area contributed by atoms with Crippen LogP contribution < -0.4 is 10.3 Å². The molecular weight excluding hydrogens is 426 g/mol. The lowest BCUT2D eigenvalue weighted by molar-refractivity contribution is 0.417. The summed E-state index contributed by atoms with van der Waals surface area (Å²) >= 11 is 0. The van der Waals surface area contributed by atoms with Crippen LogP contribution in [0.2, 0.25) is 0 Å². The van der Waals surface area contributed by atoms with Gasteiger partial charge in [0.05, 0.1) is 34.1 Å². The van der Waals surface area contributed by atoms with E-state index in [0.717, 1.165) is 27.5 Å². The van der Waals surface area contributed by atoms with E-state index in [-0.39, 0.29) is 10.5 Å². The van der Waals surface area contributed by atoms with Crippen LogP contribution in [0.25, 0.3) is 44.5 Å².